The Bertz CT molecular complexity index is 2540. The standard InChI is InChI=1S/C48H54ClN9O4/c1-28-21-40(59)54-38-8-6-7-35(42(38)53-28)31-12-14-39-36(22-31)41(30-9-10-30)56-58(39)19-20-61-27-29-15-17-57(18-16-29)46-51-25-33(26-52-46)43(60)55-44-47(2,3)45(48(44,4)5)62-34-13-11-32(24-50)37(49)23-34/h6-8,11-14,22-23,25-26,28-30,44-45,53H,9-10,15-21,27H2,1-5H3,(H,54,59)(H,55,60)/t28-,44?,45?/m1/s1. The van der Waals surface area contributed by atoms with Crippen molar-refractivity contribution in [2.75, 3.05) is 41.8 Å². The van der Waals surface area contributed by atoms with Crippen LogP contribution in [0.5, 0.6) is 5.75 Å². The van der Waals surface area contributed by atoms with E-state index in [1.807, 2.05) is 19.1 Å². The highest BCUT2D eigenvalue weighted by atomic mass is 35.5. The van der Waals surface area contributed by atoms with Crippen molar-refractivity contribution >= 4 is 51.6 Å². The summed E-state index contributed by atoms with van der Waals surface area (Å²) in [5.74, 6) is 1.95. The van der Waals surface area contributed by atoms with Gasteiger partial charge in [0.1, 0.15) is 17.9 Å². The van der Waals surface area contributed by atoms with Crippen LogP contribution >= 0.6 is 11.6 Å². The maximum Gasteiger partial charge on any atom is 0.254 e. The van der Waals surface area contributed by atoms with Gasteiger partial charge in [0.05, 0.1) is 51.9 Å². The van der Waals surface area contributed by atoms with Crippen LogP contribution in [-0.4, -0.2) is 76.1 Å². The van der Waals surface area contributed by atoms with Gasteiger partial charge in [-0.15, -0.1) is 0 Å². The highest BCUT2D eigenvalue weighted by molar-refractivity contribution is 6.31. The smallest absolute Gasteiger partial charge is 0.254 e. The Morgan fingerprint density at radius 2 is 1.77 bits per heavy atom. The number of halogens is 1. The summed E-state index contributed by atoms with van der Waals surface area (Å²) in [7, 11) is 0. The monoisotopic (exact) mass is 855 g/mol. The number of amides is 2. The largest absolute Gasteiger partial charge is 0.489 e. The van der Waals surface area contributed by atoms with Gasteiger partial charge < -0.3 is 30.3 Å². The number of rotatable bonds is 12. The first-order valence-corrected chi connectivity index (χ1v) is 22.2. The third kappa shape index (κ3) is 8.06. The first kappa shape index (κ1) is 41.6. The number of anilines is 3. The van der Waals surface area contributed by atoms with Crippen LogP contribution in [0.4, 0.5) is 17.3 Å². The molecule has 5 aromatic rings. The molecule has 62 heavy (non-hydrogen) atoms. The molecule has 0 unspecified atom stereocenters. The van der Waals surface area contributed by atoms with Gasteiger partial charge in [0.2, 0.25) is 11.9 Å². The fourth-order valence-electron chi connectivity index (χ4n) is 10.1. The first-order chi connectivity index (χ1) is 29.8. The quantitative estimate of drug-likeness (QED) is 0.104. The summed E-state index contributed by atoms with van der Waals surface area (Å²) in [4.78, 5) is 37.3. The summed E-state index contributed by atoms with van der Waals surface area (Å²) in [6.07, 6.45) is 7.72. The molecule has 1 atom stereocenters. The molecule has 2 aliphatic heterocycles. The van der Waals surface area contributed by atoms with Gasteiger partial charge in [-0.25, -0.2) is 9.97 Å². The minimum atomic E-state index is -0.379. The van der Waals surface area contributed by atoms with Crippen LogP contribution in [0.3, 0.4) is 0 Å². The van der Waals surface area contributed by atoms with E-state index in [1.165, 1.54) is 11.1 Å². The molecule has 322 valence electrons. The van der Waals surface area contributed by atoms with Crippen LogP contribution in [0, 0.1) is 28.1 Å². The third-order valence-corrected chi connectivity index (χ3v) is 13.6. The molecule has 0 spiro atoms. The maximum absolute atomic E-state index is 13.5. The summed E-state index contributed by atoms with van der Waals surface area (Å²) in [5, 5.41) is 25.7. The maximum atomic E-state index is 13.5. The second-order valence-corrected chi connectivity index (χ2v) is 19.1. The number of ether oxygens (including phenoxy) is 2. The minimum absolute atomic E-state index is 0.0246. The Kier molecular flexibility index (Phi) is 11.1. The molecule has 3 N–H and O–H groups in total. The Morgan fingerprint density at radius 3 is 2.48 bits per heavy atom. The first-order valence-electron chi connectivity index (χ1n) is 21.8. The molecule has 13 nitrogen and oxygen atoms in total. The van der Waals surface area contributed by atoms with Gasteiger partial charge in [-0.05, 0) is 74.4 Å². The number of benzene rings is 3. The molecular weight excluding hydrogens is 802 g/mol. The lowest BCUT2D eigenvalue weighted by atomic mass is 9.49. The number of nitriles is 1. The molecule has 0 radical (unpaired) electrons. The lowest BCUT2D eigenvalue weighted by Gasteiger charge is -2.63. The summed E-state index contributed by atoms with van der Waals surface area (Å²) in [5.41, 5.74) is 6.29. The Hall–Kier alpha value is -5.71. The van der Waals surface area contributed by atoms with Gasteiger partial charge in [0.15, 0.2) is 0 Å². The van der Waals surface area contributed by atoms with Crippen molar-refractivity contribution in [3.8, 4) is 22.9 Å². The molecule has 0 bridgehead atoms. The number of carbonyl (C=O) groups is 2. The summed E-state index contributed by atoms with van der Waals surface area (Å²) >= 11 is 6.26. The van der Waals surface area contributed by atoms with Crippen LogP contribution in [0.25, 0.3) is 22.0 Å². The van der Waals surface area contributed by atoms with Gasteiger partial charge >= 0.3 is 0 Å². The Labute approximate surface area is 367 Å². The van der Waals surface area contributed by atoms with Crippen molar-refractivity contribution in [1.29, 1.82) is 5.26 Å². The molecular formula is C48H54ClN9O4. The Morgan fingerprint density at radius 1 is 1.02 bits per heavy atom. The molecule has 4 heterocycles. The van der Waals surface area contributed by atoms with Crippen molar-refractivity contribution in [3.63, 3.8) is 0 Å². The minimum Gasteiger partial charge on any atom is -0.489 e. The van der Waals surface area contributed by atoms with Crippen molar-refractivity contribution in [2.24, 2.45) is 16.7 Å². The van der Waals surface area contributed by atoms with Gasteiger partial charge in [-0.3, -0.25) is 14.3 Å². The van der Waals surface area contributed by atoms with Crippen LogP contribution in [0.2, 0.25) is 5.02 Å². The zero-order chi connectivity index (χ0) is 43.3. The number of fused-ring (bicyclic) bond motifs is 2. The van der Waals surface area contributed by atoms with E-state index in [0.29, 0.717) is 65.9 Å². The average Bonchev–Trinajstić information content (AvgIpc) is 4.06. The number of aromatic nitrogens is 4. The van der Waals surface area contributed by atoms with Crippen molar-refractivity contribution in [2.45, 2.75) is 97.4 Å². The molecule has 14 heteroatoms. The van der Waals surface area contributed by atoms with Crippen LogP contribution < -0.4 is 25.6 Å². The molecule has 4 aliphatic rings. The molecule has 3 fully saturated rings. The van der Waals surface area contributed by atoms with E-state index >= 15 is 0 Å². The number of nitrogens with zero attached hydrogens (tertiary/aromatic N) is 6. The van der Waals surface area contributed by atoms with E-state index in [1.54, 1.807) is 30.6 Å². The predicted octanol–water partition coefficient (Wildman–Crippen LogP) is 8.58. The van der Waals surface area contributed by atoms with E-state index in [4.69, 9.17) is 26.2 Å². The predicted molar refractivity (Wildman–Crippen MR) is 241 cm³/mol. The SMILES string of the molecule is C[C@@H]1CC(=O)Nc2cccc(-c3ccc4c(c3)c(C3CC3)nn4CCOCC3CCN(c4ncc(C(=O)NC5C(C)(C)C(Oc6ccc(C#N)c(Cl)c6)C5(C)C)cn4)CC3)c2N1. The Balaban J connectivity index is 0.757. The number of piperidine rings is 1. The highest BCUT2D eigenvalue weighted by Gasteiger charge is 2.64. The summed E-state index contributed by atoms with van der Waals surface area (Å²) in [6, 6.07) is 19.7. The molecule has 2 aromatic heterocycles. The van der Waals surface area contributed by atoms with Crippen LogP contribution in [0.15, 0.2) is 67.0 Å². The number of hydrogen-bond donors (Lipinski definition) is 3. The van der Waals surface area contributed by atoms with E-state index in [0.717, 1.165) is 66.8 Å². The fourth-order valence-corrected chi connectivity index (χ4v) is 10.4. The van der Waals surface area contributed by atoms with Crippen LogP contribution in [-0.2, 0) is 16.1 Å². The molecule has 3 aromatic carbocycles. The number of para-hydroxylation sites is 1. The zero-order valence-corrected chi connectivity index (χ0v) is 36.8. The molecule has 2 aliphatic carbocycles. The van der Waals surface area contributed by atoms with Gasteiger partial charge in [0, 0.05) is 84.4 Å². The third-order valence-electron chi connectivity index (χ3n) is 13.3. The molecule has 1 saturated heterocycles. The zero-order valence-electron chi connectivity index (χ0n) is 36.0. The number of carbonyl (C=O) groups excluding carboxylic acids is 2. The van der Waals surface area contributed by atoms with E-state index < -0.39 is 0 Å². The number of hydrogen-bond acceptors (Lipinski definition) is 10. The molecule has 2 amide bonds. The summed E-state index contributed by atoms with van der Waals surface area (Å²) in [6.45, 7) is 13.9. The second kappa shape index (κ2) is 16.5. The lowest BCUT2D eigenvalue weighted by Crippen LogP contribution is -2.74. The molecule has 9 rings (SSSR count). The van der Waals surface area contributed by atoms with Crippen molar-refractivity contribution in [3.05, 3.63) is 88.8 Å². The van der Waals surface area contributed by atoms with Gasteiger partial charge in [-0.1, -0.05) is 57.5 Å². The highest BCUT2D eigenvalue weighted by Crippen LogP contribution is 2.55. The summed E-state index contributed by atoms with van der Waals surface area (Å²) < 4.78 is 14.8. The topological polar surface area (TPSA) is 159 Å². The van der Waals surface area contributed by atoms with Crippen molar-refractivity contribution in [1.82, 2.24) is 25.1 Å². The van der Waals surface area contributed by atoms with E-state index in [2.05, 4.69) is 93.5 Å². The second-order valence-electron chi connectivity index (χ2n) is 18.7. The normalized spacial score (nSPS) is 21.8. The molecule has 2 saturated carbocycles. The van der Waals surface area contributed by atoms with Crippen LogP contribution in [0.1, 0.15) is 94.3 Å². The van der Waals surface area contributed by atoms with Gasteiger partial charge in [-0.2, -0.15) is 10.4 Å². The van der Waals surface area contributed by atoms with E-state index in [-0.39, 0.29) is 40.8 Å². The van der Waals surface area contributed by atoms with E-state index in [9.17, 15) is 14.9 Å². The van der Waals surface area contributed by atoms with Gasteiger partial charge in [0.25, 0.3) is 5.91 Å². The lowest BCUT2D eigenvalue weighted by molar-refractivity contribution is -0.164. The van der Waals surface area contributed by atoms with Crippen molar-refractivity contribution < 1.29 is 19.1 Å². The average molecular weight is 856 g/mol. The fraction of sp³-hybridized carbons (Fsp3) is 0.458. The number of nitrogens with one attached hydrogen (secondary N) is 3.